The number of hydrogen-bond acceptors (Lipinski definition) is 3. The van der Waals surface area contributed by atoms with E-state index < -0.39 is 0 Å². The van der Waals surface area contributed by atoms with Crippen molar-refractivity contribution in [2.24, 2.45) is 5.73 Å². The van der Waals surface area contributed by atoms with Crippen LogP contribution in [0.15, 0.2) is 30.2 Å². The third kappa shape index (κ3) is 9.34. The molecule has 128 valence electrons. The molecule has 1 aromatic heterocycles. The van der Waals surface area contributed by atoms with Crippen LogP contribution < -0.4 is 5.73 Å². The second-order valence-electron chi connectivity index (χ2n) is 5.97. The second-order valence-corrected chi connectivity index (χ2v) is 7.03. The summed E-state index contributed by atoms with van der Waals surface area (Å²) in [6.45, 7) is 5.77. The van der Waals surface area contributed by atoms with Gasteiger partial charge in [-0.05, 0) is 51.9 Å². The van der Waals surface area contributed by atoms with Crippen LogP contribution in [-0.2, 0) is 4.79 Å². The van der Waals surface area contributed by atoms with Crippen molar-refractivity contribution in [1.29, 1.82) is 0 Å². The van der Waals surface area contributed by atoms with E-state index in [1.165, 1.54) is 18.5 Å². The molecule has 0 aromatic carbocycles. The molecule has 0 spiro atoms. The van der Waals surface area contributed by atoms with Gasteiger partial charge in [-0.2, -0.15) is 0 Å². The van der Waals surface area contributed by atoms with Crippen LogP contribution in [-0.4, -0.2) is 10.9 Å². The van der Waals surface area contributed by atoms with E-state index in [-0.39, 0.29) is 5.91 Å². The fourth-order valence-electron chi connectivity index (χ4n) is 2.63. The molecular weight excluding hydrogens is 304 g/mol. The van der Waals surface area contributed by atoms with Gasteiger partial charge >= 0.3 is 0 Å². The highest BCUT2D eigenvalue weighted by Gasteiger charge is 2.14. The summed E-state index contributed by atoms with van der Waals surface area (Å²) in [6.07, 6.45) is 15.7. The first kappa shape index (κ1) is 19.6. The number of nitrogens with two attached hydrogens (primary N) is 1. The van der Waals surface area contributed by atoms with Crippen molar-refractivity contribution < 1.29 is 4.79 Å². The lowest BCUT2D eigenvalue weighted by atomic mass is 9.93. The molecule has 1 aromatic rings. The van der Waals surface area contributed by atoms with Gasteiger partial charge in [-0.15, -0.1) is 17.9 Å². The van der Waals surface area contributed by atoms with Gasteiger partial charge in [-0.25, -0.2) is 4.98 Å². The average Bonchev–Trinajstić information content (AvgIpc) is 2.94. The summed E-state index contributed by atoms with van der Waals surface area (Å²) in [7, 11) is 0. The van der Waals surface area contributed by atoms with Gasteiger partial charge in [0.2, 0.25) is 5.91 Å². The number of allylic oxidation sites excluding steroid dienone is 3. The summed E-state index contributed by atoms with van der Waals surface area (Å²) in [5.41, 5.74) is 6.44. The van der Waals surface area contributed by atoms with Gasteiger partial charge in [0, 0.05) is 17.7 Å². The highest BCUT2D eigenvalue weighted by Crippen LogP contribution is 2.28. The number of nitrogens with zero attached hydrogens (tertiary/aromatic N) is 1. The zero-order valence-corrected chi connectivity index (χ0v) is 15.1. The minimum absolute atomic E-state index is 0.206. The Balaban J connectivity index is 2.33. The lowest BCUT2D eigenvalue weighted by molar-refractivity contribution is -0.118. The number of carbonyl (C=O) groups excluding carboxylic acids is 1. The number of amides is 1. The van der Waals surface area contributed by atoms with Gasteiger partial charge in [0.15, 0.2) is 0 Å². The summed E-state index contributed by atoms with van der Waals surface area (Å²) >= 11 is 1.71. The number of thiazole rings is 1. The van der Waals surface area contributed by atoms with E-state index in [1.54, 1.807) is 11.3 Å². The lowest BCUT2D eigenvalue weighted by Crippen LogP contribution is -2.10. The van der Waals surface area contributed by atoms with Gasteiger partial charge < -0.3 is 5.73 Å². The molecule has 1 atom stereocenters. The summed E-state index contributed by atoms with van der Waals surface area (Å²) in [5, 5.41) is 3.28. The molecule has 0 fully saturated rings. The van der Waals surface area contributed by atoms with Crippen LogP contribution in [0.5, 0.6) is 0 Å². The normalized spacial score (nSPS) is 12.6. The molecule has 0 bridgehead atoms. The third-order valence-electron chi connectivity index (χ3n) is 3.91. The van der Waals surface area contributed by atoms with Crippen molar-refractivity contribution in [3.8, 4) is 0 Å². The highest BCUT2D eigenvalue weighted by atomic mass is 32.1. The molecule has 1 heterocycles. The Hall–Kier alpha value is -1.42. The van der Waals surface area contributed by atoms with Crippen molar-refractivity contribution in [2.75, 3.05) is 0 Å². The molecule has 0 aliphatic heterocycles. The maximum atomic E-state index is 10.9. The summed E-state index contributed by atoms with van der Waals surface area (Å²) in [4.78, 5) is 15.6. The van der Waals surface area contributed by atoms with Crippen LogP contribution in [0.2, 0.25) is 0 Å². The molecule has 2 N–H and O–H groups in total. The second kappa shape index (κ2) is 12.1. The van der Waals surface area contributed by atoms with Crippen LogP contribution in [0, 0.1) is 6.92 Å². The molecule has 0 aliphatic rings. The van der Waals surface area contributed by atoms with Gasteiger partial charge in [0.25, 0.3) is 0 Å². The predicted octanol–water partition coefficient (Wildman–Crippen LogP) is 5.27. The van der Waals surface area contributed by atoms with E-state index in [4.69, 9.17) is 5.73 Å². The number of aryl methyl sites for hydroxylation is 1. The molecule has 0 aliphatic carbocycles. The van der Waals surface area contributed by atoms with E-state index in [9.17, 15) is 4.79 Å². The standard InChI is InChI=1S/C19H30N2OS/c1-3-4-5-6-7-8-9-10-12-17(13-11-14-19(20)22)18-15-23-16(2)21-18/h3,6-7,15,17H,1,4-5,8-14H2,2H3,(H2,20,22). The van der Waals surface area contributed by atoms with E-state index in [1.807, 2.05) is 13.0 Å². The van der Waals surface area contributed by atoms with E-state index in [0.717, 1.165) is 43.5 Å². The summed E-state index contributed by atoms with van der Waals surface area (Å²) in [6, 6.07) is 0. The molecule has 0 saturated carbocycles. The first-order chi connectivity index (χ1) is 11.1. The predicted molar refractivity (Wildman–Crippen MR) is 99.7 cm³/mol. The van der Waals surface area contributed by atoms with Crippen LogP contribution in [0.4, 0.5) is 0 Å². The fraction of sp³-hybridized carbons (Fsp3) is 0.579. The molecular formula is C19H30N2OS. The topological polar surface area (TPSA) is 56.0 Å². The monoisotopic (exact) mass is 334 g/mol. The molecule has 0 radical (unpaired) electrons. The first-order valence-electron chi connectivity index (χ1n) is 8.59. The summed E-state index contributed by atoms with van der Waals surface area (Å²) in [5.74, 6) is 0.256. The quantitative estimate of drug-likeness (QED) is 0.394. The van der Waals surface area contributed by atoms with Crippen LogP contribution in [0.1, 0.15) is 74.4 Å². The molecule has 1 rings (SSSR count). The maximum Gasteiger partial charge on any atom is 0.217 e. The minimum Gasteiger partial charge on any atom is -0.370 e. The van der Waals surface area contributed by atoms with Gasteiger partial charge in [-0.3, -0.25) is 4.79 Å². The van der Waals surface area contributed by atoms with E-state index in [2.05, 4.69) is 29.1 Å². The number of primary amides is 1. The van der Waals surface area contributed by atoms with Crippen molar-refractivity contribution in [3.63, 3.8) is 0 Å². The first-order valence-corrected chi connectivity index (χ1v) is 9.47. The number of rotatable bonds is 13. The Bertz CT molecular complexity index is 493. The Morgan fingerprint density at radius 1 is 1.26 bits per heavy atom. The molecule has 3 nitrogen and oxygen atoms in total. The number of hydrogen-bond donors (Lipinski definition) is 1. The van der Waals surface area contributed by atoms with Crippen molar-refractivity contribution in [1.82, 2.24) is 4.98 Å². The molecule has 4 heteroatoms. The van der Waals surface area contributed by atoms with Gasteiger partial charge in [-0.1, -0.05) is 24.6 Å². The van der Waals surface area contributed by atoms with Gasteiger partial charge in [0.1, 0.15) is 0 Å². The smallest absolute Gasteiger partial charge is 0.217 e. The zero-order valence-electron chi connectivity index (χ0n) is 14.3. The Morgan fingerprint density at radius 2 is 2.00 bits per heavy atom. The third-order valence-corrected chi connectivity index (χ3v) is 4.70. The van der Waals surface area contributed by atoms with Crippen molar-refractivity contribution in [2.45, 2.75) is 70.6 Å². The molecule has 1 amide bonds. The fourth-order valence-corrected chi connectivity index (χ4v) is 3.33. The van der Waals surface area contributed by atoms with Crippen LogP contribution in [0.3, 0.4) is 0 Å². The maximum absolute atomic E-state index is 10.9. The average molecular weight is 335 g/mol. The Morgan fingerprint density at radius 3 is 2.65 bits per heavy atom. The number of carbonyl (C=O) groups is 1. The van der Waals surface area contributed by atoms with Crippen molar-refractivity contribution >= 4 is 17.2 Å². The lowest BCUT2D eigenvalue weighted by Gasteiger charge is -2.14. The van der Waals surface area contributed by atoms with Gasteiger partial charge in [0.05, 0.1) is 10.7 Å². The minimum atomic E-state index is -0.206. The van der Waals surface area contributed by atoms with E-state index in [0.29, 0.717) is 12.3 Å². The zero-order chi connectivity index (χ0) is 16.9. The molecule has 0 saturated heterocycles. The largest absolute Gasteiger partial charge is 0.370 e. The summed E-state index contributed by atoms with van der Waals surface area (Å²) < 4.78 is 0. The van der Waals surface area contributed by atoms with Crippen molar-refractivity contribution in [3.05, 3.63) is 40.9 Å². The molecule has 1 unspecified atom stereocenters. The Labute approximate surface area is 144 Å². The Kier molecular flexibility index (Phi) is 10.3. The van der Waals surface area contributed by atoms with E-state index >= 15 is 0 Å². The highest BCUT2D eigenvalue weighted by molar-refractivity contribution is 7.09. The molecule has 23 heavy (non-hydrogen) atoms. The number of unbranched alkanes of at least 4 members (excludes halogenated alkanes) is 3. The van der Waals surface area contributed by atoms with Crippen LogP contribution in [0.25, 0.3) is 0 Å². The number of aromatic nitrogens is 1. The van der Waals surface area contributed by atoms with Crippen LogP contribution >= 0.6 is 11.3 Å². The SMILES string of the molecule is C=CCCC=CCCCCC(CCCC(N)=O)c1csc(C)n1.